The van der Waals surface area contributed by atoms with Gasteiger partial charge in [0, 0.05) is 13.0 Å². The molecule has 0 saturated heterocycles. The van der Waals surface area contributed by atoms with Gasteiger partial charge in [-0.05, 0) is 23.3 Å². The van der Waals surface area contributed by atoms with Crippen molar-refractivity contribution in [1.82, 2.24) is 20.3 Å². The fourth-order valence-electron chi connectivity index (χ4n) is 3.10. The molecule has 2 aromatic carbocycles. The first-order valence-corrected chi connectivity index (χ1v) is 7.77. The molecule has 5 heteroatoms. The molecule has 5 nitrogen and oxygen atoms in total. The van der Waals surface area contributed by atoms with Gasteiger partial charge in [-0.3, -0.25) is 0 Å². The van der Waals surface area contributed by atoms with E-state index in [2.05, 4.69) is 27.6 Å². The van der Waals surface area contributed by atoms with Gasteiger partial charge in [0.1, 0.15) is 0 Å². The summed E-state index contributed by atoms with van der Waals surface area (Å²) in [5, 5.41) is 22.5. The van der Waals surface area contributed by atoms with Crippen molar-refractivity contribution in [1.29, 1.82) is 0 Å². The van der Waals surface area contributed by atoms with Gasteiger partial charge in [-0.2, -0.15) is 15.0 Å². The van der Waals surface area contributed by atoms with E-state index in [0.717, 1.165) is 11.4 Å². The van der Waals surface area contributed by atoms with Crippen LogP contribution in [0.25, 0.3) is 5.69 Å². The van der Waals surface area contributed by atoms with Crippen LogP contribution in [0.3, 0.4) is 0 Å². The zero-order valence-electron chi connectivity index (χ0n) is 12.6. The number of aromatic nitrogens is 3. The molecule has 23 heavy (non-hydrogen) atoms. The Hall–Kier alpha value is -2.50. The molecule has 1 heterocycles. The topological polar surface area (TPSA) is 63.0 Å². The van der Waals surface area contributed by atoms with E-state index in [1.54, 1.807) is 11.0 Å². The minimum absolute atomic E-state index is 0.0481. The Bertz CT molecular complexity index is 800. The second-order valence-corrected chi connectivity index (χ2v) is 5.79. The molecule has 0 bridgehead atoms. The molecule has 4 rings (SSSR count). The van der Waals surface area contributed by atoms with Crippen LogP contribution in [0, 0.1) is 0 Å². The lowest BCUT2D eigenvalue weighted by molar-refractivity contribution is 0.140. The van der Waals surface area contributed by atoms with Crippen LogP contribution in [0.1, 0.15) is 22.9 Å². The highest BCUT2D eigenvalue weighted by Gasteiger charge is 2.30. The normalized spacial score (nSPS) is 19.7. The first-order chi connectivity index (χ1) is 11.3. The van der Waals surface area contributed by atoms with Gasteiger partial charge < -0.3 is 10.4 Å². The Labute approximate surface area is 134 Å². The average molecular weight is 306 g/mol. The lowest BCUT2D eigenvalue weighted by atomic mass is 10.1. The molecule has 3 aromatic rings. The Kier molecular flexibility index (Phi) is 3.65. The van der Waals surface area contributed by atoms with E-state index in [-0.39, 0.29) is 6.04 Å². The number of aliphatic hydroxyl groups is 1. The van der Waals surface area contributed by atoms with Gasteiger partial charge in [-0.15, -0.1) is 0 Å². The highest BCUT2D eigenvalue weighted by atomic mass is 16.3. The van der Waals surface area contributed by atoms with Crippen LogP contribution in [0.4, 0.5) is 0 Å². The highest BCUT2D eigenvalue weighted by molar-refractivity contribution is 5.36. The van der Waals surface area contributed by atoms with E-state index in [9.17, 15) is 5.11 Å². The number of fused-ring (bicyclic) bond motifs is 1. The number of nitrogens with one attached hydrogen (secondary N) is 1. The molecular weight excluding hydrogens is 288 g/mol. The molecular formula is C18H18N4O. The number of benzene rings is 2. The molecule has 0 amide bonds. The maximum atomic E-state index is 10.3. The number of hydrogen-bond donors (Lipinski definition) is 2. The van der Waals surface area contributed by atoms with Gasteiger partial charge in [0.25, 0.3) is 0 Å². The van der Waals surface area contributed by atoms with Gasteiger partial charge in [-0.1, -0.05) is 42.5 Å². The Morgan fingerprint density at radius 2 is 1.87 bits per heavy atom. The zero-order chi connectivity index (χ0) is 15.6. The largest absolute Gasteiger partial charge is 0.391 e. The standard InChI is InChI=1S/C18H18N4O/c23-17-10-13-6-4-5-9-16(13)18(17)19-11-14-12-20-22(21-14)15-7-2-1-3-8-15/h1-9,12,17-19,23H,10-11H2. The first-order valence-electron chi connectivity index (χ1n) is 7.77. The molecule has 1 aromatic heterocycles. The summed E-state index contributed by atoms with van der Waals surface area (Å²) in [7, 11) is 0. The molecule has 2 atom stereocenters. The molecule has 0 saturated carbocycles. The summed E-state index contributed by atoms with van der Waals surface area (Å²) >= 11 is 0. The van der Waals surface area contributed by atoms with E-state index < -0.39 is 6.10 Å². The van der Waals surface area contributed by atoms with Crippen LogP contribution in [-0.2, 0) is 13.0 Å². The first kappa shape index (κ1) is 14.1. The summed E-state index contributed by atoms with van der Waals surface area (Å²) in [6, 6.07) is 17.9. The molecule has 0 spiro atoms. The van der Waals surface area contributed by atoms with Crippen LogP contribution in [-0.4, -0.2) is 26.2 Å². The van der Waals surface area contributed by atoms with E-state index in [1.807, 2.05) is 42.5 Å². The molecule has 0 radical (unpaired) electrons. The van der Waals surface area contributed by atoms with E-state index in [4.69, 9.17) is 0 Å². The number of rotatable bonds is 4. The van der Waals surface area contributed by atoms with Crippen molar-refractivity contribution in [3.63, 3.8) is 0 Å². The van der Waals surface area contributed by atoms with Gasteiger partial charge >= 0.3 is 0 Å². The Morgan fingerprint density at radius 3 is 2.74 bits per heavy atom. The molecule has 116 valence electrons. The molecule has 1 aliphatic carbocycles. The second kappa shape index (κ2) is 5.95. The van der Waals surface area contributed by atoms with Crippen molar-refractivity contribution in [3.05, 3.63) is 77.6 Å². The number of para-hydroxylation sites is 1. The summed E-state index contributed by atoms with van der Waals surface area (Å²) < 4.78 is 0. The number of hydrogen-bond acceptors (Lipinski definition) is 4. The average Bonchev–Trinajstić information content (AvgIpc) is 3.18. The van der Waals surface area contributed by atoms with Crippen LogP contribution in [0.15, 0.2) is 60.8 Å². The summed E-state index contributed by atoms with van der Waals surface area (Å²) in [5.74, 6) is 0. The third-order valence-electron chi connectivity index (χ3n) is 4.23. The zero-order valence-corrected chi connectivity index (χ0v) is 12.6. The van der Waals surface area contributed by atoms with Crippen molar-refractivity contribution in [2.75, 3.05) is 0 Å². The molecule has 1 aliphatic rings. The van der Waals surface area contributed by atoms with E-state index in [1.165, 1.54) is 11.1 Å². The fourth-order valence-corrected chi connectivity index (χ4v) is 3.10. The predicted octanol–water partition coefficient (Wildman–Crippen LogP) is 2.02. The minimum Gasteiger partial charge on any atom is -0.391 e. The van der Waals surface area contributed by atoms with Gasteiger partial charge in [0.2, 0.25) is 0 Å². The number of aliphatic hydroxyl groups excluding tert-OH is 1. The minimum atomic E-state index is -0.392. The number of nitrogens with zero attached hydrogens (tertiary/aromatic N) is 3. The van der Waals surface area contributed by atoms with E-state index >= 15 is 0 Å². The maximum Gasteiger partial charge on any atom is 0.0969 e. The SMILES string of the molecule is OC1Cc2ccccc2C1NCc1cnn(-c2ccccc2)n1. The van der Waals surface area contributed by atoms with Crippen molar-refractivity contribution >= 4 is 0 Å². The predicted molar refractivity (Wildman–Crippen MR) is 87.1 cm³/mol. The highest BCUT2D eigenvalue weighted by Crippen LogP contribution is 2.31. The molecule has 0 aliphatic heterocycles. The smallest absolute Gasteiger partial charge is 0.0969 e. The molecule has 0 fully saturated rings. The Morgan fingerprint density at radius 1 is 1.09 bits per heavy atom. The summed E-state index contributed by atoms with van der Waals surface area (Å²) in [6.07, 6.45) is 2.06. The molecule has 2 N–H and O–H groups in total. The van der Waals surface area contributed by atoms with Gasteiger partial charge in [0.15, 0.2) is 0 Å². The van der Waals surface area contributed by atoms with Crippen LogP contribution in [0.2, 0.25) is 0 Å². The van der Waals surface area contributed by atoms with Crippen molar-refractivity contribution in [3.8, 4) is 5.69 Å². The third-order valence-corrected chi connectivity index (χ3v) is 4.23. The summed E-state index contributed by atoms with van der Waals surface area (Å²) in [5.41, 5.74) is 4.18. The lowest BCUT2D eigenvalue weighted by Gasteiger charge is -2.17. The Balaban J connectivity index is 1.47. The molecule has 2 unspecified atom stereocenters. The van der Waals surface area contributed by atoms with Crippen LogP contribution >= 0.6 is 0 Å². The lowest BCUT2D eigenvalue weighted by Crippen LogP contribution is -2.28. The van der Waals surface area contributed by atoms with Gasteiger partial charge in [0.05, 0.1) is 29.7 Å². The fraction of sp³-hybridized carbons (Fsp3) is 0.222. The third kappa shape index (κ3) is 2.76. The van der Waals surface area contributed by atoms with Crippen molar-refractivity contribution in [2.45, 2.75) is 25.1 Å². The quantitative estimate of drug-likeness (QED) is 0.774. The van der Waals surface area contributed by atoms with Gasteiger partial charge in [-0.25, -0.2) is 0 Å². The van der Waals surface area contributed by atoms with E-state index in [0.29, 0.717) is 13.0 Å². The second-order valence-electron chi connectivity index (χ2n) is 5.79. The van der Waals surface area contributed by atoms with Crippen molar-refractivity contribution < 1.29 is 5.11 Å². The van der Waals surface area contributed by atoms with Crippen LogP contribution in [0.5, 0.6) is 0 Å². The van der Waals surface area contributed by atoms with Crippen LogP contribution < -0.4 is 5.32 Å². The maximum absolute atomic E-state index is 10.3. The van der Waals surface area contributed by atoms with Crippen molar-refractivity contribution in [2.24, 2.45) is 0 Å². The summed E-state index contributed by atoms with van der Waals surface area (Å²) in [6.45, 7) is 0.572. The monoisotopic (exact) mass is 306 g/mol. The summed E-state index contributed by atoms with van der Waals surface area (Å²) in [4.78, 5) is 1.62.